The lowest BCUT2D eigenvalue weighted by Crippen LogP contribution is -2.48. The summed E-state index contributed by atoms with van der Waals surface area (Å²) >= 11 is 0. The average molecular weight is 288 g/mol. The highest BCUT2D eigenvalue weighted by Crippen LogP contribution is 2.21. The van der Waals surface area contributed by atoms with Crippen LogP contribution in [0.2, 0.25) is 0 Å². The first-order chi connectivity index (χ1) is 10.2. The smallest absolute Gasteiger partial charge is 0.252 e. The number of hydrogen-bond acceptors (Lipinski definition) is 4. The zero-order chi connectivity index (χ0) is 14.7. The summed E-state index contributed by atoms with van der Waals surface area (Å²) < 4.78 is 0. The van der Waals surface area contributed by atoms with Crippen LogP contribution >= 0.6 is 0 Å². The van der Waals surface area contributed by atoms with Gasteiger partial charge in [-0.1, -0.05) is 6.92 Å². The van der Waals surface area contributed by atoms with Crippen molar-refractivity contribution >= 4 is 11.7 Å². The van der Waals surface area contributed by atoms with E-state index in [1.165, 1.54) is 12.8 Å². The summed E-state index contributed by atoms with van der Waals surface area (Å²) in [4.78, 5) is 18.8. The van der Waals surface area contributed by atoms with Crippen LogP contribution in [0.5, 0.6) is 0 Å². The molecule has 2 aliphatic rings. The molecule has 2 N–H and O–H groups in total. The molecule has 3 heterocycles. The number of nitrogens with zero attached hydrogens (tertiary/aromatic N) is 2. The van der Waals surface area contributed by atoms with E-state index in [1.54, 1.807) is 6.20 Å². The van der Waals surface area contributed by atoms with Gasteiger partial charge in [0.15, 0.2) is 0 Å². The molecular weight excluding hydrogens is 264 g/mol. The Bertz CT molecular complexity index is 476. The van der Waals surface area contributed by atoms with Crippen molar-refractivity contribution in [3.63, 3.8) is 0 Å². The number of carbonyl (C=O) groups is 1. The molecule has 0 aromatic carbocycles. The van der Waals surface area contributed by atoms with Crippen LogP contribution in [0.1, 0.15) is 30.1 Å². The Hall–Kier alpha value is -1.62. The number of rotatable bonds is 4. The minimum atomic E-state index is -0.0202. The summed E-state index contributed by atoms with van der Waals surface area (Å²) in [5.74, 6) is 2.36. The first-order valence-electron chi connectivity index (χ1n) is 7.92. The van der Waals surface area contributed by atoms with Gasteiger partial charge in [0.25, 0.3) is 5.91 Å². The summed E-state index contributed by atoms with van der Waals surface area (Å²) in [6, 6.07) is 3.85. The summed E-state index contributed by atoms with van der Waals surface area (Å²) in [7, 11) is 0. The molecule has 1 aromatic rings. The van der Waals surface area contributed by atoms with E-state index < -0.39 is 0 Å². The molecule has 5 heteroatoms. The third kappa shape index (κ3) is 3.53. The quantitative estimate of drug-likeness (QED) is 0.876. The van der Waals surface area contributed by atoms with Crippen LogP contribution in [0.15, 0.2) is 18.3 Å². The number of nitrogens with one attached hydrogen (secondary N) is 2. The second-order valence-corrected chi connectivity index (χ2v) is 6.31. The van der Waals surface area contributed by atoms with Gasteiger partial charge in [-0.25, -0.2) is 4.98 Å². The van der Waals surface area contributed by atoms with Gasteiger partial charge >= 0.3 is 0 Å². The first-order valence-corrected chi connectivity index (χ1v) is 7.92. The zero-order valence-corrected chi connectivity index (χ0v) is 12.6. The van der Waals surface area contributed by atoms with Gasteiger partial charge in [-0.3, -0.25) is 4.79 Å². The van der Waals surface area contributed by atoms with Gasteiger partial charge < -0.3 is 15.5 Å². The second kappa shape index (κ2) is 6.43. The molecule has 1 aromatic heterocycles. The number of anilines is 1. The van der Waals surface area contributed by atoms with E-state index in [1.807, 2.05) is 12.1 Å². The van der Waals surface area contributed by atoms with E-state index in [9.17, 15) is 4.79 Å². The van der Waals surface area contributed by atoms with E-state index in [-0.39, 0.29) is 5.91 Å². The molecule has 2 aliphatic heterocycles. The summed E-state index contributed by atoms with van der Waals surface area (Å²) in [5.41, 5.74) is 0.649. The van der Waals surface area contributed by atoms with E-state index >= 15 is 0 Å². The molecule has 0 saturated carbocycles. The van der Waals surface area contributed by atoms with Crippen molar-refractivity contribution in [2.24, 2.45) is 11.8 Å². The number of carbonyl (C=O) groups excluding carboxylic acids is 1. The summed E-state index contributed by atoms with van der Waals surface area (Å²) in [5, 5.41) is 6.18. The molecule has 5 nitrogen and oxygen atoms in total. The van der Waals surface area contributed by atoms with Crippen LogP contribution in [-0.2, 0) is 0 Å². The monoisotopic (exact) mass is 288 g/mol. The Balaban J connectivity index is 1.54. The Morgan fingerprint density at radius 3 is 2.71 bits per heavy atom. The third-order valence-corrected chi connectivity index (χ3v) is 4.54. The first kappa shape index (κ1) is 14.3. The van der Waals surface area contributed by atoms with E-state index in [2.05, 4.69) is 27.4 Å². The lowest BCUT2D eigenvalue weighted by atomic mass is 9.99. The predicted molar refractivity (Wildman–Crippen MR) is 83.5 cm³/mol. The Morgan fingerprint density at radius 1 is 1.38 bits per heavy atom. The molecule has 0 radical (unpaired) electrons. The highest BCUT2D eigenvalue weighted by molar-refractivity contribution is 5.94. The maximum absolute atomic E-state index is 12.0. The summed E-state index contributed by atoms with van der Waals surface area (Å²) in [6.45, 7) is 7.19. The molecule has 114 valence electrons. The van der Waals surface area contributed by atoms with E-state index in [0.717, 1.165) is 44.5 Å². The van der Waals surface area contributed by atoms with Gasteiger partial charge in [-0.2, -0.15) is 0 Å². The van der Waals surface area contributed by atoms with Gasteiger partial charge in [-0.05, 0) is 30.9 Å². The molecule has 1 amide bonds. The molecule has 2 saturated heterocycles. The van der Waals surface area contributed by atoms with E-state index in [0.29, 0.717) is 11.5 Å². The van der Waals surface area contributed by atoms with Crippen LogP contribution in [-0.4, -0.2) is 43.6 Å². The maximum atomic E-state index is 12.0. The van der Waals surface area contributed by atoms with Gasteiger partial charge in [0, 0.05) is 44.8 Å². The molecular formula is C16H24N4O. The number of pyridine rings is 1. The van der Waals surface area contributed by atoms with Crippen molar-refractivity contribution in [1.29, 1.82) is 0 Å². The lowest BCUT2D eigenvalue weighted by molar-refractivity contribution is 0.0942. The summed E-state index contributed by atoms with van der Waals surface area (Å²) in [6.07, 6.45) is 4.14. The van der Waals surface area contributed by atoms with Crippen LogP contribution in [0, 0.1) is 11.8 Å². The minimum absolute atomic E-state index is 0.0202. The normalized spacial score (nSPS) is 20.1. The SMILES string of the molecule is CC1CCN(c2ccc(C(=O)NCC3CNC3)cn2)CC1. The predicted octanol–water partition coefficient (Wildman–Crippen LogP) is 1.27. The van der Waals surface area contributed by atoms with E-state index in [4.69, 9.17) is 0 Å². The van der Waals surface area contributed by atoms with Gasteiger partial charge in [0.1, 0.15) is 5.82 Å². The van der Waals surface area contributed by atoms with Gasteiger partial charge in [-0.15, -0.1) is 0 Å². The van der Waals surface area contributed by atoms with Crippen molar-refractivity contribution in [3.05, 3.63) is 23.9 Å². The average Bonchev–Trinajstić information content (AvgIpc) is 2.46. The molecule has 0 spiro atoms. The molecule has 0 unspecified atom stereocenters. The highest BCUT2D eigenvalue weighted by Gasteiger charge is 2.19. The fourth-order valence-corrected chi connectivity index (χ4v) is 2.78. The fourth-order valence-electron chi connectivity index (χ4n) is 2.78. The van der Waals surface area contributed by atoms with Crippen LogP contribution in [0.3, 0.4) is 0 Å². The molecule has 0 bridgehead atoms. The second-order valence-electron chi connectivity index (χ2n) is 6.31. The van der Waals surface area contributed by atoms with Crippen LogP contribution < -0.4 is 15.5 Å². The van der Waals surface area contributed by atoms with Gasteiger partial charge in [0.05, 0.1) is 5.56 Å². The van der Waals surface area contributed by atoms with Crippen molar-refractivity contribution in [1.82, 2.24) is 15.6 Å². The number of hydrogen-bond donors (Lipinski definition) is 2. The topological polar surface area (TPSA) is 57.3 Å². The van der Waals surface area contributed by atoms with Crippen LogP contribution in [0.25, 0.3) is 0 Å². The Labute approximate surface area is 126 Å². The number of piperidine rings is 1. The number of amides is 1. The Kier molecular flexibility index (Phi) is 4.39. The molecule has 0 aliphatic carbocycles. The fraction of sp³-hybridized carbons (Fsp3) is 0.625. The van der Waals surface area contributed by atoms with Crippen LogP contribution in [0.4, 0.5) is 5.82 Å². The Morgan fingerprint density at radius 2 is 2.14 bits per heavy atom. The lowest BCUT2D eigenvalue weighted by Gasteiger charge is -2.31. The van der Waals surface area contributed by atoms with Crippen molar-refractivity contribution in [2.45, 2.75) is 19.8 Å². The molecule has 21 heavy (non-hydrogen) atoms. The highest BCUT2D eigenvalue weighted by atomic mass is 16.1. The molecule has 0 atom stereocenters. The standard InChI is InChI=1S/C16H24N4O/c1-12-4-6-20(7-5-12)15-3-2-14(11-18-15)16(21)19-10-13-8-17-9-13/h2-3,11-13,17H,4-10H2,1H3,(H,19,21). The van der Waals surface area contributed by atoms with Crippen molar-refractivity contribution in [2.75, 3.05) is 37.6 Å². The molecule has 3 rings (SSSR count). The van der Waals surface area contributed by atoms with Crippen molar-refractivity contribution < 1.29 is 4.79 Å². The molecule has 2 fully saturated rings. The third-order valence-electron chi connectivity index (χ3n) is 4.54. The van der Waals surface area contributed by atoms with Crippen molar-refractivity contribution in [3.8, 4) is 0 Å². The van der Waals surface area contributed by atoms with Gasteiger partial charge in [0.2, 0.25) is 0 Å². The number of aromatic nitrogens is 1. The largest absolute Gasteiger partial charge is 0.357 e. The minimum Gasteiger partial charge on any atom is -0.357 e. The zero-order valence-electron chi connectivity index (χ0n) is 12.6. The maximum Gasteiger partial charge on any atom is 0.252 e.